The lowest BCUT2D eigenvalue weighted by molar-refractivity contribution is 0.631. The van der Waals surface area contributed by atoms with Gasteiger partial charge in [-0.2, -0.15) is 5.26 Å². The molecule has 2 rings (SSSR count). The van der Waals surface area contributed by atoms with Gasteiger partial charge < -0.3 is 5.32 Å². The molecule has 0 fully saturated rings. The largest absolute Gasteiger partial charge is 0.353 e. The summed E-state index contributed by atoms with van der Waals surface area (Å²) in [5.41, 5.74) is 1.50. The number of benzene rings is 2. The first-order valence-electron chi connectivity index (χ1n) is 5.33. The van der Waals surface area contributed by atoms with E-state index in [1.807, 2.05) is 36.6 Å². The third-order valence-corrected chi connectivity index (χ3v) is 3.21. The summed E-state index contributed by atoms with van der Waals surface area (Å²) in [4.78, 5) is 1.15. The molecule has 2 aromatic carbocycles. The van der Waals surface area contributed by atoms with Crippen molar-refractivity contribution in [3.63, 3.8) is 0 Å². The Bertz CT molecular complexity index is 588. The normalized spacial score (nSPS) is 9.83. The van der Waals surface area contributed by atoms with Crippen molar-refractivity contribution in [3.8, 4) is 6.07 Å². The molecule has 0 aliphatic rings. The van der Waals surface area contributed by atoms with Crippen LogP contribution in [0.4, 0.5) is 15.8 Å². The molecule has 0 unspecified atom stereocenters. The summed E-state index contributed by atoms with van der Waals surface area (Å²) < 4.78 is 13.7. The van der Waals surface area contributed by atoms with Crippen molar-refractivity contribution in [3.05, 3.63) is 53.8 Å². The lowest BCUT2D eigenvalue weighted by Crippen LogP contribution is -1.94. The summed E-state index contributed by atoms with van der Waals surface area (Å²) in [7, 11) is 0. The molecule has 0 bridgehead atoms. The predicted octanol–water partition coefficient (Wildman–Crippen LogP) is 4.16. The second-order valence-corrected chi connectivity index (χ2v) is 4.54. The van der Waals surface area contributed by atoms with E-state index in [4.69, 9.17) is 5.26 Å². The van der Waals surface area contributed by atoms with E-state index < -0.39 is 5.82 Å². The van der Waals surface area contributed by atoms with E-state index in [1.165, 1.54) is 6.07 Å². The zero-order chi connectivity index (χ0) is 13.0. The second kappa shape index (κ2) is 5.56. The number of nitrogens with one attached hydrogen (secondary N) is 1. The van der Waals surface area contributed by atoms with Gasteiger partial charge >= 0.3 is 0 Å². The molecule has 0 aliphatic carbocycles. The van der Waals surface area contributed by atoms with Crippen LogP contribution in [0.5, 0.6) is 0 Å². The maximum Gasteiger partial charge on any atom is 0.147 e. The van der Waals surface area contributed by atoms with Gasteiger partial charge in [0.15, 0.2) is 0 Å². The van der Waals surface area contributed by atoms with Gasteiger partial charge in [-0.1, -0.05) is 0 Å². The fourth-order valence-corrected chi connectivity index (χ4v) is 1.92. The van der Waals surface area contributed by atoms with Crippen LogP contribution in [0.3, 0.4) is 0 Å². The average Bonchev–Trinajstić information content (AvgIpc) is 2.42. The molecule has 2 nitrogen and oxygen atoms in total. The Labute approximate surface area is 109 Å². The highest BCUT2D eigenvalue weighted by atomic mass is 32.2. The number of thioether (sulfide) groups is 1. The number of nitrogens with zero attached hydrogens (tertiary/aromatic N) is 1. The number of nitriles is 1. The molecular formula is C14H11FN2S. The van der Waals surface area contributed by atoms with Gasteiger partial charge in [0.05, 0.1) is 17.3 Å². The zero-order valence-electron chi connectivity index (χ0n) is 9.77. The molecule has 0 aromatic heterocycles. The number of halogens is 1. The van der Waals surface area contributed by atoms with Crippen LogP contribution >= 0.6 is 11.8 Å². The van der Waals surface area contributed by atoms with Crippen molar-refractivity contribution in [1.82, 2.24) is 0 Å². The highest BCUT2D eigenvalue weighted by Gasteiger charge is 2.03. The molecular weight excluding hydrogens is 247 g/mol. The fraction of sp³-hybridized carbons (Fsp3) is 0.0714. The lowest BCUT2D eigenvalue weighted by Gasteiger charge is -2.08. The third-order valence-electron chi connectivity index (χ3n) is 2.47. The minimum atomic E-state index is -0.428. The monoisotopic (exact) mass is 258 g/mol. The Morgan fingerprint density at radius 1 is 1.17 bits per heavy atom. The van der Waals surface area contributed by atoms with Crippen LogP contribution in [-0.4, -0.2) is 6.26 Å². The van der Waals surface area contributed by atoms with Gasteiger partial charge in [-0.3, -0.25) is 0 Å². The molecule has 2 aromatic rings. The van der Waals surface area contributed by atoms with Crippen LogP contribution < -0.4 is 5.32 Å². The van der Waals surface area contributed by atoms with E-state index in [1.54, 1.807) is 23.9 Å². The Balaban J connectivity index is 2.20. The summed E-state index contributed by atoms with van der Waals surface area (Å²) >= 11 is 1.65. The van der Waals surface area contributed by atoms with Gasteiger partial charge in [-0.05, 0) is 48.7 Å². The maximum atomic E-state index is 13.7. The van der Waals surface area contributed by atoms with Crippen LogP contribution in [0.15, 0.2) is 47.4 Å². The highest BCUT2D eigenvalue weighted by Crippen LogP contribution is 2.23. The Morgan fingerprint density at radius 3 is 2.44 bits per heavy atom. The van der Waals surface area contributed by atoms with E-state index in [9.17, 15) is 4.39 Å². The summed E-state index contributed by atoms with van der Waals surface area (Å²) in [6.45, 7) is 0. The van der Waals surface area contributed by atoms with E-state index in [0.717, 1.165) is 10.6 Å². The quantitative estimate of drug-likeness (QED) is 0.839. The Kier molecular flexibility index (Phi) is 3.85. The predicted molar refractivity (Wildman–Crippen MR) is 72.6 cm³/mol. The molecule has 0 aliphatic heterocycles. The van der Waals surface area contributed by atoms with Crippen molar-refractivity contribution in [1.29, 1.82) is 5.26 Å². The summed E-state index contributed by atoms with van der Waals surface area (Å²) in [6.07, 6.45) is 2.00. The van der Waals surface area contributed by atoms with Crippen LogP contribution in [0.25, 0.3) is 0 Å². The number of hydrogen-bond acceptors (Lipinski definition) is 3. The molecule has 1 N–H and O–H groups in total. The molecule has 0 saturated heterocycles. The number of rotatable bonds is 3. The van der Waals surface area contributed by atoms with Gasteiger partial charge in [0.25, 0.3) is 0 Å². The van der Waals surface area contributed by atoms with E-state index >= 15 is 0 Å². The molecule has 0 spiro atoms. The molecule has 90 valence electrons. The first-order chi connectivity index (χ1) is 8.72. The molecule has 0 amide bonds. The molecule has 0 heterocycles. The molecule has 0 atom stereocenters. The molecule has 0 saturated carbocycles. The minimum absolute atomic E-state index is 0.316. The standard InChI is InChI=1S/C14H11FN2S/c1-18-12-5-3-11(4-6-12)17-14-7-2-10(9-16)8-13(14)15/h2-8,17H,1H3. The van der Waals surface area contributed by atoms with Crippen molar-refractivity contribution in [2.75, 3.05) is 11.6 Å². The number of hydrogen-bond donors (Lipinski definition) is 1. The van der Waals surface area contributed by atoms with E-state index in [0.29, 0.717) is 11.3 Å². The van der Waals surface area contributed by atoms with E-state index in [-0.39, 0.29) is 0 Å². The topological polar surface area (TPSA) is 35.8 Å². The smallest absolute Gasteiger partial charge is 0.147 e. The average molecular weight is 258 g/mol. The second-order valence-electron chi connectivity index (χ2n) is 3.66. The van der Waals surface area contributed by atoms with Gasteiger partial charge in [-0.25, -0.2) is 4.39 Å². The fourth-order valence-electron chi connectivity index (χ4n) is 1.52. The maximum absolute atomic E-state index is 13.7. The van der Waals surface area contributed by atoms with Crippen molar-refractivity contribution >= 4 is 23.1 Å². The summed E-state index contributed by atoms with van der Waals surface area (Å²) in [6, 6.07) is 14.0. The minimum Gasteiger partial charge on any atom is -0.353 e. The van der Waals surface area contributed by atoms with Crippen molar-refractivity contribution in [2.24, 2.45) is 0 Å². The Morgan fingerprint density at radius 2 is 1.89 bits per heavy atom. The molecule has 4 heteroatoms. The first-order valence-corrected chi connectivity index (χ1v) is 6.56. The van der Waals surface area contributed by atoms with Gasteiger partial charge in [0.1, 0.15) is 5.82 Å². The summed E-state index contributed by atoms with van der Waals surface area (Å²) in [5, 5.41) is 11.6. The number of anilines is 2. The SMILES string of the molecule is CSc1ccc(Nc2ccc(C#N)cc2F)cc1. The first kappa shape index (κ1) is 12.5. The third kappa shape index (κ3) is 2.82. The van der Waals surface area contributed by atoms with Crippen molar-refractivity contribution < 1.29 is 4.39 Å². The zero-order valence-corrected chi connectivity index (χ0v) is 10.6. The highest BCUT2D eigenvalue weighted by molar-refractivity contribution is 7.98. The van der Waals surface area contributed by atoms with Gasteiger partial charge in [0.2, 0.25) is 0 Å². The lowest BCUT2D eigenvalue weighted by atomic mass is 10.2. The summed E-state index contributed by atoms with van der Waals surface area (Å²) in [5.74, 6) is -0.428. The molecule has 0 radical (unpaired) electrons. The Hall–Kier alpha value is -1.99. The van der Waals surface area contributed by atoms with Crippen molar-refractivity contribution in [2.45, 2.75) is 4.90 Å². The van der Waals surface area contributed by atoms with Crippen LogP contribution in [0.1, 0.15) is 5.56 Å². The van der Waals surface area contributed by atoms with Crippen LogP contribution in [0, 0.1) is 17.1 Å². The van der Waals surface area contributed by atoms with Gasteiger partial charge in [-0.15, -0.1) is 11.8 Å². The van der Waals surface area contributed by atoms with Crippen LogP contribution in [0.2, 0.25) is 0 Å². The molecule has 18 heavy (non-hydrogen) atoms. The van der Waals surface area contributed by atoms with E-state index in [2.05, 4.69) is 5.32 Å². The van der Waals surface area contributed by atoms with Crippen LogP contribution in [-0.2, 0) is 0 Å². The van der Waals surface area contributed by atoms with Gasteiger partial charge in [0, 0.05) is 10.6 Å².